The van der Waals surface area contributed by atoms with Gasteiger partial charge in [0.25, 0.3) is 5.56 Å². The van der Waals surface area contributed by atoms with Gasteiger partial charge in [-0.1, -0.05) is 26.8 Å². The number of pyridine rings is 1. The average Bonchev–Trinajstić information content (AvgIpc) is 2.86. The minimum absolute atomic E-state index is 0.0220. The van der Waals surface area contributed by atoms with Gasteiger partial charge < -0.3 is 19.8 Å². The summed E-state index contributed by atoms with van der Waals surface area (Å²) in [4.78, 5) is 35.4. The van der Waals surface area contributed by atoms with Crippen LogP contribution < -0.4 is 15.6 Å². The number of ether oxygens (including phenoxy) is 2. The van der Waals surface area contributed by atoms with Crippen molar-refractivity contribution >= 4 is 5.91 Å². The molecule has 0 bridgehead atoms. The molecule has 0 aliphatic carbocycles. The van der Waals surface area contributed by atoms with Crippen LogP contribution in [0, 0.1) is 11.3 Å². The lowest BCUT2D eigenvalue weighted by atomic mass is 9.84. The normalized spacial score (nSPS) is 14.7. The molecule has 1 aliphatic heterocycles. The van der Waals surface area contributed by atoms with Gasteiger partial charge in [0, 0.05) is 41.9 Å². The lowest BCUT2D eigenvalue weighted by Crippen LogP contribution is -2.46. The third-order valence-electron chi connectivity index (χ3n) is 6.50. The van der Waals surface area contributed by atoms with Gasteiger partial charge in [-0.05, 0) is 30.2 Å². The number of benzene rings is 1. The molecule has 1 aliphatic rings. The first-order valence-electron chi connectivity index (χ1n) is 12.3. The molecule has 202 valence electrons. The largest absolute Gasteiger partial charge is 0.477 e. The van der Waals surface area contributed by atoms with Crippen LogP contribution in [-0.4, -0.2) is 40.7 Å². The van der Waals surface area contributed by atoms with E-state index in [0.717, 1.165) is 12.5 Å². The highest BCUT2D eigenvalue weighted by Gasteiger charge is 2.38. The lowest BCUT2D eigenvalue weighted by Gasteiger charge is -2.40. The van der Waals surface area contributed by atoms with E-state index in [0.29, 0.717) is 36.8 Å². The summed E-state index contributed by atoms with van der Waals surface area (Å²) in [5.74, 6) is -0.365. The van der Waals surface area contributed by atoms with Crippen LogP contribution in [-0.2, 0) is 22.3 Å². The van der Waals surface area contributed by atoms with Crippen LogP contribution in [0.15, 0.2) is 47.4 Å². The number of nitrogens with one attached hydrogen (secondary N) is 2. The second kappa shape index (κ2) is 10.9. The van der Waals surface area contributed by atoms with E-state index in [1.807, 2.05) is 0 Å². The first-order valence-corrected chi connectivity index (χ1v) is 12.3. The van der Waals surface area contributed by atoms with Gasteiger partial charge in [0.1, 0.15) is 5.82 Å². The molecule has 2 N–H and O–H groups in total. The van der Waals surface area contributed by atoms with Crippen molar-refractivity contribution in [3.8, 4) is 28.5 Å². The fraction of sp³-hybridized carbons (Fsp3) is 0.407. The van der Waals surface area contributed by atoms with E-state index in [1.165, 1.54) is 24.4 Å². The first kappa shape index (κ1) is 27.3. The number of halogens is 3. The molecule has 3 aromatic rings. The van der Waals surface area contributed by atoms with Gasteiger partial charge in [-0.15, -0.1) is 0 Å². The van der Waals surface area contributed by atoms with E-state index in [1.54, 1.807) is 26.0 Å². The first-order chi connectivity index (χ1) is 18.0. The van der Waals surface area contributed by atoms with Crippen molar-refractivity contribution in [3.05, 3.63) is 64.1 Å². The molecular weight excluding hydrogens is 501 g/mol. The number of hydrogen-bond donors (Lipinski definition) is 2. The van der Waals surface area contributed by atoms with E-state index < -0.39 is 17.3 Å². The van der Waals surface area contributed by atoms with Gasteiger partial charge in [-0.25, -0.2) is 9.97 Å². The van der Waals surface area contributed by atoms with Crippen molar-refractivity contribution in [2.75, 3.05) is 19.8 Å². The second-order valence-electron chi connectivity index (χ2n) is 9.75. The van der Waals surface area contributed by atoms with Crippen LogP contribution in [0.3, 0.4) is 0 Å². The Labute approximate surface area is 217 Å². The minimum atomic E-state index is -4.69. The van der Waals surface area contributed by atoms with Crippen molar-refractivity contribution < 1.29 is 27.4 Å². The number of rotatable bonds is 9. The fourth-order valence-electron chi connectivity index (χ4n) is 3.90. The molecule has 2 aromatic heterocycles. The highest BCUT2D eigenvalue weighted by Crippen LogP contribution is 2.37. The van der Waals surface area contributed by atoms with Crippen LogP contribution in [0.4, 0.5) is 13.2 Å². The third-order valence-corrected chi connectivity index (χ3v) is 6.50. The van der Waals surface area contributed by atoms with Crippen molar-refractivity contribution in [1.29, 1.82) is 0 Å². The monoisotopic (exact) mass is 530 g/mol. The summed E-state index contributed by atoms with van der Waals surface area (Å²) in [6, 6.07) is 7.94. The zero-order valence-corrected chi connectivity index (χ0v) is 21.3. The molecule has 0 saturated carbocycles. The summed E-state index contributed by atoms with van der Waals surface area (Å²) < 4.78 is 52.6. The summed E-state index contributed by atoms with van der Waals surface area (Å²) in [6.07, 6.45) is -2.32. The average molecular weight is 531 g/mol. The van der Waals surface area contributed by atoms with Crippen molar-refractivity contribution in [2.24, 2.45) is 11.3 Å². The standard InChI is InChI=1S/C27H29F3N4O4/c1-4-26(13-37-14-26)15-38-23-8-6-18(12-31-23)21-10-22(35)34-24(33-21)19-9-17(11-32-25(36)16(2)3)5-7-20(19)27(28,29)30/h5-10,12,16H,4,11,13-15H2,1-3H3,(H,32,36)(H,33,34,35). The Morgan fingerprint density at radius 3 is 2.55 bits per heavy atom. The van der Waals surface area contributed by atoms with Crippen LogP contribution in [0.25, 0.3) is 22.6 Å². The minimum Gasteiger partial charge on any atom is -0.477 e. The number of carbonyl (C=O) groups is 1. The Hall–Kier alpha value is -3.73. The molecule has 0 atom stereocenters. The van der Waals surface area contributed by atoms with E-state index in [-0.39, 0.29) is 40.9 Å². The maximum atomic E-state index is 13.8. The Morgan fingerprint density at radius 2 is 1.97 bits per heavy atom. The second-order valence-corrected chi connectivity index (χ2v) is 9.75. The third kappa shape index (κ3) is 6.21. The number of H-pyrrole nitrogens is 1. The maximum absolute atomic E-state index is 13.8. The Kier molecular flexibility index (Phi) is 7.86. The predicted octanol–water partition coefficient (Wildman–Crippen LogP) is 4.60. The molecule has 11 heteroatoms. The predicted molar refractivity (Wildman–Crippen MR) is 134 cm³/mol. The van der Waals surface area contributed by atoms with E-state index in [2.05, 4.69) is 27.2 Å². The lowest BCUT2D eigenvalue weighted by molar-refractivity contribution is -0.137. The molecule has 38 heavy (non-hydrogen) atoms. The van der Waals surface area contributed by atoms with Crippen LogP contribution in [0.1, 0.15) is 38.3 Å². The Balaban J connectivity index is 1.62. The van der Waals surface area contributed by atoms with E-state index >= 15 is 0 Å². The van der Waals surface area contributed by atoms with Gasteiger partial charge >= 0.3 is 6.18 Å². The van der Waals surface area contributed by atoms with Gasteiger partial charge in [0.05, 0.1) is 36.5 Å². The van der Waals surface area contributed by atoms with Gasteiger partial charge in [-0.2, -0.15) is 13.2 Å². The molecule has 0 radical (unpaired) electrons. The molecule has 4 rings (SSSR count). The van der Waals surface area contributed by atoms with Gasteiger partial charge in [0.2, 0.25) is 11.8 Å². The van der Waals surface area contributed by atoms with Gasteiger partial charge in [-0.3, -0.25) is 9.59 Å². The number of aromatic amines is 1. The SMILES string of the molecule is CCC1(COc2ccc(-c3cc(=O)[nH]c(-c4cc(CNC(=O)C(C)C)ccc4C(F)(F)F)n3)cn2)COC1. The van der Waals surface area contributed by atoms with Gasteiger partial charge in [0.15, 0.2) is 0 Å². The fourth-order valence-corrected chi connectivity index (χ4v) is 3.90. The molecule has 1 fully saturated rings. The van der Waals surface area contributed by atoms with Crippen LogP contribution in [0.5, 0.6) is 5.88 Å². The Bertz CT molecular complexity index is 1340. The number of amides is 1. The van der Waals surface area contributed by atoms with Crippen LogP contribution in [0.2, 0.25) is 0 Å². The number of hydrogen-bond acceptors (Lipinski definition) is 6. The van der Waals surface area contributed by atoms with Crippen LogP contribution >= 0.6 is 0 Å². The Morgan fingerprint density at radius 1 is 1.21 bits per heavy atom. The van der Waals surface area contributed by atoms with E-state index in [9.17, 15) is 22.8 Å². The summed E-state index contributed by atoms with van der Waals surface area (Å²) >= 11 is 0. The number of nitrogens with zero attached hydrogens (tertiary/aromatic N) is 2. The van der Waals surface area contributed by atoms with Crippen molar-refractivity contribution in [3.63, 3.8) is 0 Å². The maximum Gasteiger partial charge on any atom is 0.417 e. The zero-order chi connectivity index (χ0) is 27.5. The molecule has 1 amide bonds. The van der Waals surface area contributed by atoms with Crippen molar-refractivity contribution in [1.82, 2.24) is 20.3 Å². The summed E-state index contributed by atoms with van der Waals surface area (Å²) in [6.45, 7) is 7.25. The van der Waals surface area contributed by atoms with Crippen molar-refractivity contribution in [2.45, 2.75) is 39.9 Å². The molecule has 0 spiro atoms. The number of alkyl halides is 3. The summed E-state index contributed by atoms with van der Waals surface area (Å²) in [7, 11) is 0. The molecule has 0 unspecified atom stereocenters. The summed E-state index contributed by atoms with van der Waals surface area (Å²) in [5.41, 5.74) is -0.864. The molecule has 3 heterocycles. The van der Waals surface area contributed by atoms with E-state index in [4.69, 9.17) is 9.47 Å². The number of aromatic nitrogens is 3. The quantitative estimate of drug-likeness (QED) is 0.419. The number of carbonyl (C=O) groups excluding carboxylic acids is 1. The molecule has 1 aromatic carbocycles. The highest BCUT2D eigenvalue weighted by atomic mass is 19.4. The topological polar surface area (TPSA) is 106 Å². The molecule has 1 saturated heterocycles. The highest BCUT2D eigenvalue weighted by molar-refractivity contribution is 5.78. The smallest absolute Gasteiger partial charge is 0.417 e. The summed E-state index contributed by atoms with van der Waals surface area (Å²) in [5, 5.41) is 2.68. The molecular formula is C27H29F3N4O4. The zero-order valence-electron chi connectivity index (χ0n) is 21.3. The molecule has 8 nitrogen and oxygen atoms in total.